The maximum Gasteiger partial charge on any atom is 0.151 e. The molecule has 0 aromatic heterocycles. The van der Waals surface area contributed by atoms with Gasteiger partial charge in [-0.3, -0.25) is 0 Å². The summed E-state index contributed by atoms with van der Waals surface area (Å²) in [7, 11) is 1.63. The first kappa shape index (κ1) is 13.0. The molecule has 0 amide bonds. The first-order valence-corrected chi connectivity index (χ1v) is 6.27. The number of hydrogen-bond acceptors (Lipinski definition) is 3. The Morgan fingerprint density at radius 2 is 2.27 bits per heavy atom. The predicted molar refractivity (Wildman–Crippen MR) is 64.6 cm³/mol. The van der Waals surface area contributed by atoms with E-state index < -0.39 is 0 Å². The molecule has 0 saturated heterocycles. The molecule has 15 heavy (non-hydrogen) atoms. The highest BCUT2D eigenvalue weighted by Crippen LogP contribution is 2.29. The quantitative estimate of drug-likeness (QED) is 0.670. The summed E-state index contributed by atoms with van der Waals surface area (Å²) in [6.07, 6.45) is 0. The molecule has 0 aliphatic rings. The average molecular weight is 294 g/mol. The third-order valence-corrected chi connectivity index (χ3v) is 3.75. The summed E-state index contributed by atoms with van der Waals surface area (Å²) in [5.41, 5.74) is 6.25. The Balaban J connectivity index is 2.77. The Labute approximate surface area is 102 Å². The van der Waals surface area contributed by atoms with Crippen LogP contribution in [0.3, 0.4) is 0 Å². The second-order valence-electron chi connectivity index (χ2n) is 2.90. The van der Waals surface area contributed by atoms with Crippen molar-refractivity contribution >= 4 is 27.7 Å². The number of hydrogen-bond donors (Lipinski definition) is 1. The Hall–Kier alpha value is -0.100. The first-order valence-electron chi connectivity index (χ1n) is 4.49. The van der Waals surface area contributed by atoms with Crippen molar-refractivity contribution in [2.45, 2.75) is 11.4 Å². The van der Waals surface area contributed by atoms with Gasteiger partial charge in [0, 0.05) is 24.3 Å². The summed E-state index contributed by atoms with van der Waals surface area (Å²) in [5.74, 6) is 0.501. The van der Waals surface area contributed by atoms with E-state index in [1.165, 1.54) is 11.8 Å². The Bertz CT molecular complexity index is 335. The van der Waals surface area contributed by atoms with Gasteiger partial charge in [0.1, 0.15) is 0 Å². The minimum atomic E-state index is -0.237. The predicted octanol–water partition coefficient (Wildman–Crippen LogP) is 2.79. The third kappa shape index (κ3) is 3.45. The van der Waals surface area contributed by atoms with Crippen molar-refractivity contribution in [2.24, 2.45) is 5.73 Å². The standard InChI is InChI=1S/C10H13BrFNOS/c1-14-4-5-15-8-3-2-7(6-13)9(11)10(8)12/h2-3H,4-6,13H2,1H3. The molecular formula is C10H13BrFNOS. The van der Waals surface area contributed by atoms with E-state index in [9.17, 15) is 4.39 Å². The minimum Gasteiger partial charge on any atom is -0.384 e. The van der Waals surface area contributed by atoms with Gasteiger partial charge in [0.2, 0.25) is 0 Å². The van der Waals surface area contributed by atoms with Crippen LogP contribution in [0.4, 0.5) is 4.39 Å². The molecule has 0 radical (unpaired) electrons. The molecule has 0 spiro atoms. The van der Waals surface area contributed by atoms with Crippen LogP contribution < -0.4 is 5.73 Å². The molecule has 0 saturated carbocycles. The smallest absolute Gasteiger partial charge is 0.151 e. The van der Waals surface area contributed by atoms with Gasteiger partial charge in [-0.05, 0) is 27.6 Å². The van der Waals surface area contributed by atoms with Crippen LogP contribution in [-0.2, 0) is 11.3 Å². The molecule has 1 aromatic rings. The highest BCUT2D eigenvalue weighted by molar-refractivity contribution is 9.10. The SMILES string of the molecule is COCCSc1ccc(CN)c(Br)c1F. The van der Waals surface area contributed by atoms with Crippen molar-refractivity contribution in [1.29, 1.82) is 0 Å². The van der Waals surface area contributed by atoms with Gasteiger partial charge in [-0.1, -0.05) is 6.07 Å². The number of methoxy groups -OCH3 is 1. The molecule has 0 heterocycles. The van der Waals surface area contributed by atoms with E-state index in [2.05, 4.69) is 15.9 Å². The lowest BCUT2D eigenvalue weighted by molar-refractivity contribution is 0.218. The zero-order valence-electron chi connectivity index (χ0n) is 8.43. The molecule has 0 bridgehead atoms. The molecular weight excluding hydrogens is 281 g/mol. The summed E-state index contributed by atoms with van der Waals surface area (Å²) < 4.78 is 19.1. The molecule has 0 unspecified atom stereocenters. The van der Waals surface area contributed by atoms with E-state index >= 15 is 0 Å². The number of benzene rings is 1. The van der Waals surface area contributed by atoms with E-state index in [1.807, 2.05) is 6.07 Å². The monoisotopic (exact) mass is 293 g/mol. The highest BCUT2D eigenvalue weighted by Gasteiger charge is 2.10. The van der Waals surface area contributed by atoms with Gasteiger partial charge in [-0.25, -0.2) is 4.39 Å². The maximum absolute atomic E-state index is 13.7. The summed E-state index contributed by atoms with van der Waals surface area (Å²) in [6.45, 7) is 0.945. The molecule has 2 nitrogen and oxygen atoms in total. The van der Waals surface area contributed by atoms with Gasteiger partial charge in [-0.2, -0.15) is 0 Å². The average Bonchev–Trinajstić information content (AvgIpc) is 2.25. The molecule has 1 rings (SSSR count). The van der Waals surface area contributed by atoms with Crippen molar-refractivity contribution in [3.63, 3.8) is 0 Å². The second-order valence-corrected chi connectivity index (χ2v) is 4.83. The van der Waals surface area contributed by atoms with Crippen molar-refractivity contribution in [1.82, 2.24) is 0 Å². The van der Waals surface area contributed by atoms with Crippen LogP contribution in [0.15, 0.2) is 21.5 Å². The van der Waals surface area contributed by atoms with Crippen molar-refractivity contribution in [2.75, 3.05) is 19.5 Å². The summed E-state index contributed by atoms with van der Waals surface area (Å²) in [4.78, 5) is 0.621. The summed E-state index contributed by atoms with van der Waals surface area (Å²) in [6, 6.07) is 3.59. The zero-order chi connectivity index (χ0) is 11.3. The highest BCUT2D eigenvalue weighted by atomic mass is 79.9. The largest absolute Gasteiger partial charge is 0.384 e. The van der Waals surface area contributed by atoms with Crippen LogP contribution in [0.2, 0.25) is 0 Å². The number of halogens is 2. The minimum absolute atomic E-state index is 0.237. The molecule has 0 aliphatic heterocycles. The fourth-order valence-electron chi connectivity index (χ4n) is 1.08. The van der Waals surface area contributed by atoms with Gasteiger partial charge in [-0.15, -0.1) is 11.8 Å². The molecule has 1 aromatic carbocycles. The Morgan fingerprint density at radius 3 is 2.87 bits per heavy atom. The lowest BCUT2D eigenvalue weighted by Crippen LogP contribution is -2.00. The normalized spacial score (nSPS) is 10.7. The number of ether oxygens (including phenoxy) is 1. The van der Waals surface area contributed by atoms with Crippen molar-refractivity contribution < 1.29 is 9.13 Å². The number of rotatable bonds is 5. The topological polar surface area (TPSA) is 35.2 Å². The summed E-state index contributed by atoms with van der Waals surface area (Å²) >= 11 is 4.63. The van der Waals surface area contributed by atoms with Crippen LogP contribution in [-0.4, -0.2) is 19.5 Å². The van der Waals surface area contributed by atoms with Gasteiger partial charge in [0.05, 0.1) is 11.1 Å². The number of thioether (sulfide) groups is 1. The molecule has 2 N–H and O–H groups in total. The molecule has 0 fully saturated rings. The molecule has 84 valence electrons. The van der Waals surface area contributed by atoms with Crippen LogP contribution in [0.5, 0.6) is 0 Å². The first-order chi connectivity index (χ1) is 7.20. The fourth-order valence-corrected chi connectivity index (χ4v) is 2.58. The lowest BCUT2D eigenvalue weighted by Gasteiger charge is -2.07. The molecule has 0 aliphatic carbocycles. The third-order valence-electron chi connectivity index (χ3n) is 1.89. The van der Waals surface area contributed by atoms with Crippen molar-refractivity contribution in [3.05, 3.63) is 28.0 Å². The Morgan fingerprint density at radius 1 is 1.53 bits per heavy atom. The van der Waals surface area contributed by atoms with Crippen LogP contribution in [0.1, 0.15) is 5.56 Å². The van der Waals surface area contributed by atoms with E-state index in [-0.39, 0.29) is 5.82 Å². The van der Waals surface area contributed by atoms with Gasteiger partial charge < -0.3 is 10.5 Å². The van der Waals surface area contributed by atoms with Crippen molar-refractivity contribution in [3.8, 4) is 0 Å². The van der Waals surface area contributed by atoms with Gasteiger partial charge in [0.25, 0.3) is 0 Å². The van der Waals surface area contributed by atoms with Crippen LogP contribution >= 0.6 is 27.7 Å². The fraction of sp³-hybridized carbons (Fsp3) is 0.400. The van der Waals surface area contributed by atoms with E-state index in [0.29, 0.717) is 22.5 Å². The van der Waals surface area contributed by atoms with E-state index in [4.69, 9.17) is 10.5 Å². The van der Waals surface area contributed by atoms with E-state index in [0.717, 1.165) is 11.3 Å². The maximum atomic E-state index is 13.7. The second kappa shape index (κ2) is 6.48. The lowest BCUT2D eigenvalue weighted by atomic mass is 10.2. The van der Waals surface area contributed by atoms with Crippen LogP contribution in [0, 0.1) is 5.82 Å². The molecule has 5 heteroatoms. The molecule has 0 atom stereocenters. The van der Waals surface area contributed by atoms with Gasteiger partial charge >= 0.3 is 0 Å². The summed E-state index contributed by atoms with van der Waals surface area (Å²) in [5, 5.41) is 0. The van der Waals surface area contributed by atoms with E-state index in [1.54, 1.807) is 13.2 Å². The van der Waals surface area contributed by atoms with Gasteiger partial charge in [0.15, 0.2) is 5.82 Å². The Kier molecular flexibility index (Phi) is 5.60. The van der Waals surface area contributed by atoms with Crippen LogP contribution in [0.25, 0.3) is 0 Å². The zero-order valence-corrected chi connectivity index (χ0v) is 10.8. The number of nitrogens with two attached hydrogens (primary N) is 1.